The molecule has 0 aliphatic heterocycles. The van der Waals surface area contributed by atoms with E-state index in [1.54, 1.807) is 20.8 Å². The zero-order valence-corrected chi connectivity index (χ0v) is 14.4. The summed E-state index contributed by atoms with van der Waals surface area (Å²) >= 11 is 0. The molecular weight excluding hydrogens is 280 g/mol. The Hall–Kier alpha value is -1.22. The minimum Gasteiger partial charge on any atom is -0.296 e. The van der Waals surface area contributed by atoms with Crippen LogP contribution in [0.5, 0.6) is 0 Å². The molecule has 1 atom stereocenters. The van der Waals surface area contributed by atoms with Gasteiger partial charge in [-0.25, -0.2) is 8.78 Å². The van der Waals surface area contributed by atoms with E-state index in [1.807, 2.05) is 44.2 Å². The van der Waals surface area contributed by atoms with Crippen LogP contribution in [0.15, 0.2) is 47.1 Å². The molecule has 0 aromatic rings. The van der Waals surface area contributed by atoms with Crippen LogP contribution < -0.4 is 5.73 Å². The van der Waals surface area contributed by atoms with Crippen molar-refractivity contribution in [2.75, 3.05) is 0 Å². The lowest BCUT2D eigenvalue weighted by Gasteiger charge is -2.25. The number of hydrogen-bond donors (Lipinski definition) is 1. The van der Waals surface area contributed by atoms with Crippen LogP contribution in [-0.4, -0.2) is 11.5 Å². The Morgan fingerprint density at radius 2 is 2.00 bits per heavy atom. The molecule has 22 heavy (non-hydrogen) atoms. The van der Waals surface area contributed by atoms with Crippen LogP contribution in [-0.2, 0) is 0 Å². The van der Waals surface area contributed by atoms with Gasteiger partial charge in [-0.2, -0.15) is 0 Å². The van der Waals surface area contributed by atoms with E-state index >= 15 is 0 Å². The maximum absolute atomic E-state index is 14.4. The number of halogens is 2. The quantitative estimate of drug-likeness (QED) is 0.505. The summed E-state index contributed by atoms with van der Waals surface area (Å²) in [4.78, 5) is 0. The second kappa shape index (κ2) is 7.36. The predicted molar refractivity (Wildman–Crippen MR) is 91.0 cm³/mol. The Morgan fingerprint density at radius 3 is 2.50 bits per heavy atom. The Kier molecular flexibility index (Phi) is 6.30. The summed E-state index contributed by atoms with van der Waals surface area (Å²) in [5, 5.41) is 0. The number of nitrogens with two attached hydrogens (primary N) is 1. The van der Waals surface area contributed by atoms with Crippen molar-refractivity contribution >= 4 is 0 Å². The van der Waals surface area contributed by atoms with E-state index in [-0.39, 0.29) is 12.3 Å². The van der Waals surface area contributed by atoms with Crippen LogP contribution in [0.1, 0.15) is 53.9 Å². The van der Waals surface area contributed by atoms with Gasteiger partial charge in [0.1, 0.15) is 5.67 Å². The van der Waals surface area contributed by atoms with E-state index in [4.69, 9.17) is 5.73 Å². The maximum atomic E-state index is 14.4. The van der Waals surface area contributed by atoms with Crippen LogP contribution in [0, 0.1) is 5.92 Å². The summed E-state index contributed by atoms with van der Waals surface area (Å²) in [5.41, 5.74) is 6.73. The van der Waals surface area contributed by atoms with Gasteiger partial charge in [0.05, 0.1) is 0 Å². The summed E-state index contributed by atoms with van der Waals surface area (Å²) in [5.74, 6) is -1.74. The zero-order valence-electron chi connectivity index (χ0n) is 14.4. The second-order valence-corrected chi connectivity index (χ2v) is 6.75. The molecule has 2 N–H and O–H groups in total. The molecule has 0 aromatic heterocycles. The summed E-state index contributed by atoms with van der Waals surface area (Å²) in [7, 11) is 0. The molecule has 0 saturated carbocycles. The first-order chi connectivity index (χ1) is 10.1. The van der Waals surface area contributed by atoms with E-state index in [2.05, 4.69) is 0 Å². The van der Waals surface area contributed by atoms with Gasteiger partial charge in [-0.1, -0.05) is 51.2 Å². The fourth-order valence-corrected chi connectivity index (χ4v) is 2.58. The number of rotatable bonds is 6. The van der Waals surface area contributed by atoms with Crippen molar-refractivity contribution in [2.24, 2.45) is 11.7 Å². The van der Waals surface area contributed by atoms with Gasteiger partial charge in [-0.3, -0.25) is 5.73 Å². The summed E-state index contributed by atoms with van der Waals surface area (Å²) < 4.78 is 28.6. The summed E-state index contributed by atoms with van der Waals surface area (Å²) in [6, 6.07) is 0. The molecule has 0 saturated heterocycles. The van der Waals surface area contributed by atoms with Crippen molar-refractivity contribution in [3.8, 4) is 0 Å². The van der Waals surface area contributed by atoms with Gasteiger partial charge in [0.2, 0.25) is 0 Å². The van der Waals surface area contributed by atoms with Crippen molar-refractivity contribution in [2.45, 2.75) is 65.3 Å². The van der Waals surface area contributed by atoms with Gasteiger partial charge < -0.3 is 0 Å². The van der Waals surface area contributed by atoms with Crippen molar-refractivity contribution in [3.05, 3.63) is 47.1 Å². The monoisotopic (exact) mass is 309 g/mol. The molecule has 0 radical (unpaired) electrons. The minimum absolute atomic E-state index is 0.0398. The molecule has 124 valence electrons. The van der Waals surface area contributed by atoms with Gasteiger partial charge in [0.15, 0.2) is 5.79 Å². The molecule has 0 amide bonds. The molecule has 0 heterocycles. The lowest BCUT2D eigenvalue weighted by Crippen LogP contribution is -2.37. The first kappa shape index (κ1) is 18.8. The maximum Gasteiger partial charge on any atom is 0.180 e. The van der Waals surface area contributed by atoms with Gasteiger partial charge in [0, 0.05) is 0 Å². The zero-order chi connectivity index (χ0) is 17.0. The lowest BCUT2D eigenvalue weighted by atomic mass is 9.90. The van der Waals surface area contributed by atoms with Crippen LogP contribution in [0.25, 0.3) is 0 Å². The van der Waals surface area contributed by atoms with Gasteiger partial charge in [-0.15, -0.1) is 0 Å². The molecule has 1 aliphatic rings. The molecule has 1 rings (SSSR count). The van der Waals surface area contributed by atoms with E-state index < -0.39 is 11.5 Å². The van der Waals surface area contributed by atoms with Crippen molar-refractivity contribution in [1.29, 1.82) is 0 Å². The Morgan fingerprint density at radius 1 is 1.36 bits per heavy atom. The molecule has 1 unspecified atom stereocenters. The van der Waals surface area contributed by atoms with E-state index in [1.165, 1.54) is 0 Å². The molecule has 0 spiro atoms. The SMILES string of the molecule is CCC(N)(F)/C(=C/CC1=CC=CCC(C(C)(C)F)=C1)C(C)C. The fraction of sp³-hybridized carbons (Fsp3) is 0.579. The third-order valence-electron chi connectivity index (χ3n) is 4.08. The van der Waals surface area contributed by atoms with Gasteiger partial charge in [0.25, 0.3) is 0 Å². The molecule has 0 aromatic carbocycles. The molecule has 1 aliphatic carbocycles. The highest BCUT2D eigenvalue weighted by Crippen LogP contribution is 2.30. The molecule has 1 nitrogen and oxygen atoms in total. The Balaban J connectivity index is 3.03. The molecule has 3 heteroatoms. The fourth-order valence-electron chi connectivity index (χ4n) is 2.58. The van der Waals surface area contributed by atoms with E-state index in [9.17, 15) is 8.78 Å². The third kappa shape index (κ3) is 5.20. The first-order valence-electron chi connectivity index (χ1n) is 8.02. The Labute approximate surface area is 133 Å². The smallest absolute Gasteiger partial charge is 0.180 e. The summed E-state index contributed by atoms with van der Waals surface area (Å²) in [6.45, 7) is 8.75. The largest absolute Gasteiger partial charge is 0.296 e. The predicted octanol–water partition coefficient (Wildman–Crippen LogP) is 5.55. The van der Waals surface area contributed by atoms with Crippen molar-refractivity contribution < 1.29 is 8.78 Å². The van der Waals surface area contributed by atoms with Crippen LogP contribution >= 0.6 is 0 Å². The third-order valence-corrected chi connectivity index (χ3v) is 4.08. The van der Waals surface area contributed by atoms with Crippen molar-refractivity contribution in [1.82, 2.24) is 0 Å². The van der Waals surface area contributed by atoms with Gasteiger partial charge >= 0.3 is 0 Å². The van der Waals surface area contributed by atoms with Crippen LogP contribution in [0.3, 0.4) is 0 Å². The topological polar surface area (TPSA) is 26.0 Å². The van der Waals surface area contributed by atoms with Crippen molar-refractivity contribution in [3.63, 3.8) is 0 Å². The normalized spacial score (nSPS) is 19.6. The van der Waals surface area contributed by atoms with Crippen LogP contribution in [0.2, 0.25) is 0 Å². The standard InChI is InChI=1S/C19H29F2N/c1-6-19(21,22)17(14(2)3)12-11-15-9-7-8-10-16(13-15)18(4,5)20/h7-9,12-14H,6,10-11,22H2,1-5H3/b17-12+. The highest BCUT2D eigenvalue weighted by Gasteiger charge is 2.28. The number of hydrogen-bond acceptors (Lipinski definition) is 1. The first-order valence-corrected chi connectivity index (χ1v) is 8.02. The highest BCUT2D eigenvalue weighted by atomic mass is 19.1. The molecular formula is C19H29F2N. The molecule has 0 bridgehead atoms. The summed E-state index contributed by atoms with van der Waals surface area (Å²) in [6.07, 6.45) is 11.0. The number of allylic oxidation sites excluding steroid dienone is 7. The Bertz CT molecular complexity index is 500. The minimum atomic E-state index is -1.78. The van der Waals surface area contributed by atoms with E-state index in [0.29, 0.717) is 18.4 Å². The van der Waals surface area contributed by atoms with E-state index in [0.717, 1.165) is 11.1 Å². The number of alkyl halides is 2. The van der Waals surface area contributed by atoms with Crippen LogP contribution in [0.4, 0.5) is 8.78 Å². The van der Waals surface area contributed by atoms with Gasteiger partial charge in [-0.05, 0) is 55.7 Å². The average Bonchev–Trinajstić information content (AvgIpc) is 2.63. The average molecular weight is 309 g/mol. The molecule has 0 fully saturated rings. The second-order valence-electron chi connectivity index (χ2n) is 6.75. The highest BCUT2D eigenvalue weighted by molar-refractivity contribution is 5.37. The lowest BCUT2D eigenvalue weighted by molar-refractivity contribution is 0.199.